The zero-order chi connectivity index (χ0) is 15.5. The summed E-state index contributed by atoms with van der Waals surface area (Å²) in [5.41, 5.74) is 1.54. The highest BCUT2D eigenvalue weighted by atomic mass is 35.5. The standard InChI is InChI=1S/C17H20ClNO2/c1-17(2,3)11-14(12-7-5-4-6-8-12)19-16(20)13-9-10-21-15(13)18/h4-10,14H,11H2,1-3H3,(H,19,20). The molecule has 1 atom stereocenters. The average Bonchev–Trinajstić information content (AvgIpc) is 2.84. The quantitative estimate of drug-likeness (QED) is 0.878. The Morgan fingerprint density at radius 1 is 1.24 bits per heavy atom. The van der Waals surface area contributed by atoms with Gasteiger partial charge >= 0.3 is 0 Å². The minimum Gasteiger partial charge on any atom is -0.452 e. The lowest BCUT2D eigenvalue weighted by Crippen LogP contribution is -2.31. The Morgan fingerprint density at radius 2 is 1.90 bits per heavy atom. The molecular formula is C17H20ClNO2. The summed E-state index contributed by atoms with van der Waals surface area (Å²) in [7, 11) is 0. The second-order valence-corrected chi connectivity index (χ2v) is 6.65. The highest BCUT2D eigenvalue weighted by Gasteiger charge is 2.23. The molecule has 2 aromatic rings. The summed E-state index contributed by atoms with van der Waals surface area (Å²) in [5.74, 6) is -0.216. The second kappa shape index (κ2) is 6.35. The first kappa shape index (κ1) is 15.6. The molecule has 2 rings (SSSR count). The van der Waals surface area contributed by atoms with Crippen molar-refractivity contribution in [2.75, 3.05) is 0 Å². The zero-order valence-corrected chi connectivity index (χ0v) is 13.3. The van der Waals surface area contributed by atoms with E-state index in [9.17, 15) is 4.79 Å². The van der Waals surface area contributed by atoms with Gasteiger partial charge in [-0.2, -0.15) is 0 Å². The van der Waals surface area contributed by atoms with E-state index < -0.39 is 0 Å². The van der Waals surface area contributed by atoms with Gasteiger partial charge in [0, 0.05) is 0 Å². The molecule has 0 saturated carbocycles. The minimum absolute atomic E-state index is 0.0651. The van der Waals surface area contributed by atoms with Crippen LogP contribution >= 0.6 is 11.6 Å². The molecule has 0 radical (unpaired) electrons. The molecule has 4 heteroatoms. The van der Waals surface area contributed by atoms with Crippen LogP contribution in [0.5, 0.6) is 0 Å². The lowest BCUT2D eigenvalue weighted by atomic mass is 9.85. The SMILES string of the molecule is CC(C)(C)CC(NC(=O)c1ccoc1Cl)c1ccccc1. The summed E-state index contributed by atoms with van der Waals surface area (Å²) in [5, 5.41) is 3.17. The van der Waals surface area contributed by atoms with E-state index in [2.05, 4.69) is 26.1 Å². The van der Waals surface area contributed by atoms with Crippen LogP contribution in [0.4, 0.5) is 0 Å². The van der Waals surface area contributed by atoms with E-state index in [4.69, 9.17) is 16.0 Å². The van der Waals surface area contributed by atoms with Crippen molar-refractivity contribution in [3.63, 3.8) is 0 Å². The van der Waals surface area contributed by atoms with Crippen LogP contribution in [0.2, 0.25) is 5.22 Å². The second-order valence-electron chi connectivity index (χ2n) is 6.31. The van der Waals surface area contributed by atoms with Crippen molar-refractivity contribution in [2.45, 2.75) is 33.2 Å². The van der Waals surface area contributed by atoms with Gasteiger partial charge in [0.2, 0.25) is 5.22 Å². The number of carbonyl (C=O) groups excluding carboxylic acids is 1. The summed E-state index contributed by atoms with van der Waals surface area (Å²) in [6.07, 6.45) is 2.25. The van der Waals surface area contributed by atoms with Gasteiger partial charge in [0.1, 0.15) is 0 Å². The number of furan rings is 1. The molecule has 0 bridgehead atoms. The number of benzene rings is 1. The summed E-state index contributed by atoms with van der Waals surface area (Å²) in [4.78, 5) is 12.3. The first-order valence-electron chi connectivity index (χ1n) is 6.95. The normalized spacial score (nSPS) is 13.0. The zero-order valence-electron chi connectivity index (χ0n) is 12.5. The Morgan fingerprint density at radius 3 is 2.43 bits per heavy atom. The molecule has 1 unspecified atom stereocenters. The summed E-state index contributed by atoms with van der Waals surface area (Å²) in [6, 6.07) is 11.5. The molecule has 1 amide bonds. The van der Waals surface area contributed by atoms with Crippen molar-refractivity contribution < 1.29 is 9.21 Å². The third-order valence-corrected chi connectivity index (χ3v) is 3.48. The van der Waals surface area contributed by atoms with Crippen molar-refractivity contribution in [3.05, 3.63) is 59.0 Å². The maximum absolute atomic E-state index is 12.3. The van der Waals surface area contributed by atoms with Gasteiger partial charge in [0.05, 0.1) is 17.9 Å². The number of halogens is 1. The number of hydrogen-bond donors (Lipinski definition) is 1. The van der Waals surface area contributed by atoms with Crippen LogP contribution in [-0.2, 0) is 0 Å². The van der Waals surface area contributed by atoms with Gasteiger partial charge in [-0.3, -0.25) is 4.79 Å². The Bertz CT molecular complexity index is 599. The fourth-order valence-corrected chi connectivity index (χ4v) is 2.44. The molecule has 1 N–H and O–H groups in total. The molecule has 1 aromatic carbocycles. The number of amides is 1. The predicted octanol–water partition coefficient (Wildman–Crippen LogP) is 4.84. The highest BCUT2D eigenvalue weighted by Crippen LogP contribution is 2.30. The monoisotopic (exact) mass is 305 g/mol. The molecule has 0 aliphatic rings. The molecule has 0 aliphatic carbocycles. The van der Waals surface area contributed by atoms with Crippen LogP contribution in [0.15, 0.2) is 47.1 Å². The Labute approximate surface area is 130 Å². The molecule has 1 aromatic heterocycles. The van der Waals surface area contributed by atoms with Gasteiger partial charge in [-0.25, -0.2) is 0 Å². The Balaban J connectivity index is 2.21. The smallest absolute Gasteiger partial charge is 0.256 e. The third-order valence-electron chi connectivity index (χ3n) is 3.19. The molecule has 21 heavy (non-hydrogen) atoms. The van der Waals surface area contributed by atoms with Crippen molar-refractivity contribution in [2.24, 2.45) is 5.41 Å². The van der Waals surface area contributed by atoms with Crippen LogP contribution in [0.25, 0.3) is 0 Å². The van der Waals surface area contributed by atoms with Crippen molar-refractivity contribution in [1.29, 1.82) is 0 Å². The van der Waals surface area contributed by atoms with E-state index in [1.165, 1.54) is 6.26 Å². The van der Waals surface area contributed by atoms with E-state index in [0.29, 0.717) is 5.56 Å². The van der Waals surface area contributed by atoms with Crippen LogP contribution in [0.3, 0.4) is 0 Å². The van der Waals surface area contributed by atoms with E-state index >= 15 is 0 Å². The van der Waals surface area contributed by atoms with Crippen molar-refractivity contribution >= 4 is 17.5 Å². The fraction of sp³-hybridized carbons (Fsp3) is 0.353. The summed E-state index contributed by atoms with van der Waals surface area (Å²) >= 11 is 5.87. The van der Waals surface area contributed by atoms with E-state index in [0.717, 1.165) is 12.0 Å². The largest absolute Gasteiger partial charge is 0.452 e. The van der Waals surface area contributed by atoms with Crippen LogP contribution in [0, 0.1) is 5.41 Å². The molecule has 0 fully saturated rings. The molecular weight excluding hydrogens is 286 g/mol. The molecule has 0 aliphatic heterocycles. The van der Waals surface area contributed by atoms with Crippen molar-refractivity contribution in [3.8, 4) is 0 Å². The number of nitrogens with one attached hydrogen (secondary N) is 1. The number of hydrogen-bond acceptors (Lipinski definition) is 2. The van der Waals surface area contributed by atoms with Gasteiger partial charge in [0.25, 0.3) is 5.91 Å². The number of rotatable bonds is 4. The van der Waals surface area contributed by atoms with Crippen LogP contribution in [-0.4, -0.2) is 5.91 Å². The number of carbonyl (C=O) groups is 1. The lowest BCUT2D eigenvalue weighted by molar-refractivity contribution is 0.0926. The van der Waals surface area contributed by atoms with E-state index in [1.54, 1.807) is 6.07 Å². The van der Waals surface area contributed by atoms with E-state index in [-0.39, 0.29) is 22.6 Å². The Hall–Kier alpha value is -1.74. The van der Waals surface area contributed by atoms with Crippen molar-refractivity contribution in [1.82, 2.24) is 5.32 Å². The van der Waals surface area contributed by atoms with Gasteiger partial charge < -0.3 is 9.73 Å². The predicted molar refractivity (Wildman–Crippen MR) is 84.4 cm³/mol. The first-order chi connectivity index (χ1) is 9.87. The third kappa shape index (κ3) is 4.36. The highest BCUT2D eigenvalue weighted by molar-refractivity contribution is 6.32. The van der Waals surface area contributed by atoms with Gasteiger partial charge in [0.15, 0.2) is 0 Å². The maximum Gasteiger partial charge on any atom is 0.256 e. The van der Waals surface area contributed by atoms with Gasteiger partial charge in [-0.15, -0.1) is 0 Å². The average molecular weight is 306 g/mol. The van der Waals surface area contributed by atoms with Crippen LogP contribution in [0.1, 0.15) is 49.2 Å². The molecule has 3 nitrogen and oxygen atoms in total. The van der Waals surface area contributed by atoms with Crippen LogP contribution < -0.4 is 5.32 Å². The summed E-state index contributed by atoms with van der Waals surface area (Å²) in [6.45, 7) is 6.46. The fourth-order valence-electron chi connectivity index (χ4n) is 2.24. The topological polar surface area (TPSA) is 42.2 Å². The molecule has 0 saturated heterocycles. The van der Waals surface area contributed by atoms with Gasteiger partial charge in [-0.05, 0) is 35.1 Å². The molecule has 112 valence electrons. The minimum atomic E-state index is -0.216. The first-order valence-corrected chi connectivity index (χ1v) is 7.33. The molecule has 0 spiro atoms. The van der Waals surface area contributed by atoms with E-state index in [1.807, 2.05) is 30.3 Å². The summed E-state index contributed by atoms with van der Waals surface area (Å²) < 4.78 is 4.98. The Kier molecular flexibility index (Phi) is 4.73. The molecule has 1 heterocycles. The maximum atomic E-state index is 12.3. The lowest BCUT2D eigenvalue weighted by Gasteiger charge is -2.27. The van der Waals surface area contributed by atoms with Gasteiger partial charge in [-0.1, -0.05) is 51.1 Å².